The van der Waals surface area contributed by atoms with E-state index in [4.69, 9.17) is 9.47 Å². The quantitative estimate of drug-likeness (QED) is 0.590. The van der Waals surface area contributed by atoms with Crippen LogP contribution in [0.3, 0.4) is 0 Å². The Balaban J connectivity index is 2.71. The maximum absolute atomic E-state index is 11.9. The van der Waals surface area contributed by atoms with E-state index in [-0.39, 0.29) is 5.41 Å². The Hall–Kier alpha value is -1.10. The highest BCUT2D eigenvalue weighted by Gasteiger charge is 2.27. The van der Waals surface area contributed by atoms with Crippen molar-refractivity contribution in [2.75, 3.05) is 32.9 Å². The fourth-order valence-electron chi connectivity index (χ4n) is 1.94. The highest BCUT2D eigenvalue weighted by molar-refractivity contribution is 5.95. The molecule has 1 atom stereocenters. The van der Waals surface area contributed by atoms with Crippen molar-refractivity contribution in [2.24, 2.45) is 16.3 Å². The van der Waals surface area contributed by atoms with Crippen LogP contribution in [0.1, 0.15) is 41.0 Å². The van der Waals surface area contributed by atoms with E-state index < -0.39 is 6.09 Å². The highest BCUT2D eigenvalue weighted by Crippen LogP contribution is 2.20. The van der Waals surface area contributed by atoms with Gasteiger partial charge in [0.25, 0.3) is 0 Å². The molecule has 1 unspecified atom stereocenters. The molecule has 1 aliphatic heterocycles. The van der Waals surface area contributed by atoms with Crippen molar-refractivity contribution in [3.63, 3.8) is 0 Å². The van der Waals surface area contributed by atoms with Gasteiger partial charge in [0.1, 0.15) is 5.84 Å². The zero-order valence-electron chi connectivity index (χ0n) is 13.4. The first kappa shape index (κ1) is 17.0. The number of rotatable bonds is 3. The van der Waals surface area contributed by atoms with E-state index in [1.165, 1.54) is 0 Å². The molecule has 0 aromatic rings. The van der Waals surface area contributed by atoms with Crippen LogP contribution in [0.15, 0.2) is 4.99 Å². The van der Waals surface area contributed by atoms with Crippen LogP contribution in [0.25, 0.3) is 0 Å². The van der Waals surface area contributed by atoms with Gasteiger partial charge in [0, 0.05) is 18.5 Å². The molecule has 0 N–H and O–H groups in total. The summed E-state index contributed by atoms with van der Waals surface area (Å²) in [6.07, 6.45) is 0.508. The van der Waals surface area contributed by atoms with Crippen LogP contribution in [0.5, 0.6) is 0 Å². The van der Waals surface area contributed by atoms with Gasteiger partial charge in [0.05, 0.1) is 19.8 Å². The molecule has 1 fully saturated rings. The third kappa shape index (κ3) is 5.49. The van der Waals surface area contributed by atoms with E-state index in [1.807, 2.05) is 0 Å². The predicted octanol–water partition coefficient (Wildman–Crippen LogP) is 2.95. The van der Waals surface area contributed by atoms with Crippen LogP contribution >= 0.6 is 0 Å². The fraction of sp³-hybridized carbons (Fsp3) is 0.867. The van der Waals surface area contributed by atoms with Crippen molar-refractivity contribution >= 4 is 11.9 Å². The lowest BCUT2D eigenvalue weighted by Crippen LogP contribution is -2.46. The Labute approximate surface area is 122 Å². The standard InChI is InChI=1S/C15H28N2O3/c1-6-12(2)11-20-14(18)16-13(15(3,4)5)17-7-9-19-10-8-17/h12H,6-11H2,1-5H3. The van der Waals surface area contributed by atoms with E-state index >= 15 is 0 Å². The second kappa shape index (κ2) is 7.62. The molecule has 0 bridgehead atoms. The number of amides is 1. The van der Waals surface area contributed by atoms with E-state index in [0.717, 1.165) is 25.3 Å². The molecular formula is C15H28N2O3. The first-order valence-electron chi connectivity index (χ1n) is 7.43. The maximum atomic E-state index is 11.9. The Morgan fingerprint density at radius 1 is 1.35 bits per heavy atom. The molecule has 1 amide bonds. The Kier molecular flexibility index (Phi) is 6.46. The largest absolute Gasteiger partial charge is 0.448 e. The van der Waals surface area contributed by atoms with Gasteiger partial charge in [0.2, 0.25) is 0 Å². The number of hydrogen-bond acceptors (Lipinski definition) is 3. The van der Waals surface area contributed by atoms with Crippen molar-refractivity contribution in [1.82, 2.24) is 4.90 Å². The molecule has 5 heteroatoms. The smallest absolute Gasteiger partial charge is 0.435 e. The zero-order valence-corrected chi connectivity index (χ0v) is 13.4. The molecule has 20 heavy (non-hydrogen) atoms. The summed E-state index contributed by atoms with van der Waals surface area (Å²) in [6.45, 7) is 13.6. The second-order valence-electron chi connectivity index (χ2n) is 6.38. The normalized spacial score (nSPS) is 18.9. The van der Waals surface area contributed by atoms with Crippen molar-refractivity contribution < 1.29 is 14.3 Å². The summed E-state index contributed by atoms with van der Waals surface area (Å²) < 4.78 is 10.6. The van der Waals surface area contributed by atoms with Crippen LogP contribution < -0.4 is 0 Å². The van der Waals surface area contributed by atoms with Gasteiger partial charge in [-0.05, 0) is 5.92 Å². The number of carbonyl (C=O) groups excluding carboxylic acids is 1. The van der Waals surface area contributed by atoms with Gasteiger partial charge in [-0.3, -0.25) is 0 Å². The van der Waals surface area contributed by atoms with E-state index in [2.05, 4.69) is 44.5 Å². The lowest BCUT2D eigenvalue weighted by Gasteiger charge is -2.35. The Bertz CT molecular complexity index is 342. The van der Waals surface area contributed by atoms with Gasteiger partial charge in [-0.1, -0.05) is 41.0 Å². The fourth-order valence-corrected chi connectivity index (χ4v) is 1.94. The van der Waals surface area contributed by atoms with E-state index in [9.17, 15) is 4.79 Å². The number of nitrogens with zero attached hydrogens (tertiary/aromatic N) is 2. The van der Waals surface area contributed by atoms with Gasteiger partial charge in [-0.15, -0.1) is 0 Å². The number of carbonyl (C=O) groups is 1. The molecule has 0 aliphatic carbocycles. The third-order valence-corrected chi connectivity index (χ3v) is 3.37. The predicted molar refractivity (Wildman–Crippen MR) is 80.1 cm³/mol. The summed E-state index contributed by atoms with van der Waals surface area (Å²) in [5, 5.41) is 0. The summed E-state index contributed by atoms with van der Waals surface area (Å²) in [4.78, 5) is 18.2. The number of morpholine rings is 1. The lowest BCUT2D eigenvalue weighted by atomic mass is 9.93. The first-order valence-corrected chi connectivity index (χ1v) is 7.43. The summed E-state index contributed by atoms with van der Waals surface area (Å²) in [5.74, 6) is 1.16. The highest BCUT2D eigenvalue weighted by atomic mass is 16.5. The third-order valence-electron chi connectivity index (χ3n) is 3.37. The molecule has 1 saturated heterocycles. The monoisotopic (exact) mass is 284 g/mol. The minimum Gasteiger partial charge on any atom is -0.448 e. The topological polar surface area (TPSA) is 51.1 Å². The molecular weight excluding hydrogens is 256 g/mol. The van der Waals surface area contributed by atoms with Gasteiger partial charge in [0.15, 0.2) is 0 Å². The molecule has 0 aromatic carbocycles. The van der Waals surface area contributed by atoms with Crippen LogP contribution in [0, 0.1) is 11.3 Å². The van der Waals surface area contributed by atoms with Crippen LogP contribution in [-0.4, -0.2) is 49.7 Å². The SMILES string of the molecule is CCC(C)COC(=O)N=C(N1CCOCC1)C(C)(C)C. The maximum Gasteiger partial charge on any atom is 0.435 e. The molecule has 116 valence electrons. The van der Waals surface area contributed by atoms with Crippen molar-refractivity contribution in [3.8, 4) is 0 Å². The van der Waals surface area contributed by atoms with E-state index in [1.54, 1.807) is 0 Å². The van der Waals surface area contributed by atoms with Gasteiger partial charge < -0.3 is 14.4 Å². The number of hydrogen-bond donors (Lipinski definition) is 0. The number of aliphatic imine (C=N–C) groups is 1. The van der Waals surface area contributed by atoms with Crippen molar-refractivity contribution in [1.29, 1.82) is 0 Å². The molecule has 0 aromatic heterocycles. The van der Waals surface area contributed by atoms with Gasteiger partial charge in [-0.2, -0.15) is 4.99 Å². The average Bonchev–Trinajstić information content (AvgIpc) is 2.41. The van der Waals surface area contributed by atoms with Crippen LogP contribution in [-0.2, 0) is 9.47 Å². The second-order valence-corrected chi connectivity index (χ2v) is 6.38. The minimum absolute atomic E-state index is 0.188. The Morgan fingerprint density at radius 3 is 2.45 bits per heavy atom. The average molecular weight is 284 g/mol. The zero-order chi connectivity index (χ0) is 15.2. The van der Waals surface area contributed by atoms with Gasteiger partial charge in [-0.25, -0.2) is 4.79 Å². The van der Waals surface area contributed by atoms with E-state index in [0.29, 0.717) is 25.7 Å². The van der Waals surface area contributed by atoms with Crippen LogP contribution in [0.4, 0.5) is 4.79 Å². The molecule has 1 heterocycles. The molecule has 1 rings (SSSR count). The summed E-state index contributed by atoms with van der Waals surface area (Å²) in [6, 6.07) is 0. The molecule has 0 saturated carbocycles. The minimum atomic E-state index is -0.485. The Morgan fingerprint density at radius 2 is 1.95 bits per heavy atom. The number of ether oxygens (including phenoxy) is 2. The van der Waals surface area contributed by atoms with Gasteiger partial charge >= 0.3 is 6.09 Å². The summed E-state index contributed by atoms with van der Waals surface area (Å²) in [7, 11) is 0. The number of amidine groups is 1. The van der Waals surface area contributed by atoms with Crippen molar-refractivity contribution in [2.45, 2.75) is 41.0 Å². The summed E-state index contributed by atoms with van der Waals surface area (Å²) in [5.41, 5.74) is -0.188. The summed E-state index contributed by atoms with van der Waals surface area (Å²) >= 11 is 0. The lowest BCUT2D eigenvalue weighted by molar-refractivity contribution is 0.0641. The molecule has 5 nitrogen and oxygen atoms in total. The first-order chi connectivity index (χ1) is 9.34. The van der Waals surface area contributed by atoms with Crippen molar-refractivity contribution in [3.05, 3.63) is 0 Å². The van der Waals surface area contributed by atoms with Crippen LogP contribution in [0.2, 0.25) is 0 Å². The molecule has 1 aliphatic rings. The molecule has 0 radical (unpaired) electrons. The molecule has 0 spiro atoms.